The van der Waals surface area contributed by atoms with E-state index < -0.39 is 0 Å². The summed E-state index contributed by atoms with van der Waals surface area (Å²) in [6.07, 6.45) is 8.84. The second kappa shape index (κ2) is 4.25. The summed E-state index contributed by atoms with van der Waals surface area (Å²) in [5.41, 5.74) is 1.18. The molecule has 2 bridgehead atoms. The molecule has 2 fully saturated rings. The largest absolute Gasteiger partial charge is 0.335 e. The monoisotopic (exact) mass is 251 g/mol. The number of hydrogen-bond donors (Lipinski definition) is 1. The highest BCUT2D eigenvalue weighted by Gasteiger charge is 2.36. The van der Waals surface area contributed by atoms with E-state index in [-0.39, 0.29) is 0 Å². The summed E-state index contributed by atoms with van der Waals surface area (Å²) in [5, 5.41) is 0. The van der Waals surface area contributed by atoms with E-state index in [2.05, 4.69) is 34.6 Å². The molecule has 94 valence electrons. The van der Waals surface area contributed by atoms with Gasteiger partial charge in [0.05, 0.1) is 0 Å². The molecular formula is C13H21N3S. The predicted octanol–water partition coefficient (Wildman–Crippen LogP) is 3.04. The highest BCUT2D eigenvalue weighted by Crippen LogP contribution is 2.38. The van der Waals surface area contributed by atoms with E-state index in [0.29, 0.717) is 6.04 Å². The number of rotatable bonds is 1. The van der Waals surface area contributed by atoms with Gasteiger partial charge in [-0.2, -0.15) is 0 Å². The lowest BCUT2D eigenvalue weighted by Gasteiger charge is -2.47. The van der Waals surface area contributed by atoms with Gasteiger partial charge in [-0.1, -0.05) is 6.42 Å². The maximum Gasteiger partial charge on any atom is 0.177 e. The zero-order chi connectivity index (χ0) is 12.0. The Labute approximate surface area is 108 Å². The van der Waals surface area contributed by atoms with Gasteiger partial charge in [0.15, 0.2) is 4.77 Å². The number of aryl methyl sites for hydroxylation is 1. The lowest BCUT2D eigenvalue weighted by atomic mass is 9.82. The van der Waals surface area contributed by atoms with Crippen molar-refractivity contribution in [2.45, 2.75) is 57.2 Å². The Morgan fingerprint density at radius 3 is 2.41 bits per heavy atom. The van der Waals surface area contributed by atoms with Crippen molar-refractivity contribution in [3.63, 3.8) is 0 Å². The highest BCUT2D eigenvalue weighted by atomic mass is 32.1. The molecule has 2 unspecified atom stereocenters. The highest BCUT2D eigenvalue weighted by molar-refractivity contribution is 7.71. The first kappa shape index (κ1) is 11.5. The van der Waals surface area contributed by atoms with E-state index in [0.717, 1.165) is 16.9 Å². The average molecular weight is 251 g/mol. The van der Waals surface area contributed by atoms with Gasteiger partial charge < -0.3 is 14.5 Å². The van der Waals surface area contributed by atoms with Gasteiger partial charge in [-0.3, -0.25) is 0 Å². The third kappa shape index (κ3) is 1.97. The Morgan fingerprint density at radius 2 is 1.88 bits per heavy atom. The summed E-state index contributed by atoms with van der Waals surface area (Å²) in [6, 6.07) is 2.15. The van der Waals surface area contributed by atoms with Gasteiger partial charge in [0, 0.05) is 30.0 Å². The predicted molar refractivity (Wildman–Crippen MR) is 71.8 cm³/mol. The number of hydrogen-bond acceptors (Lipinski definition) is 2. The topological polar surface area (TPSA) is 24.0 Å². The fraction of sp³-hybridized carbons (Fsp3) is 0.769. The van der Waals surface area contributed by atoms with Crippen LogP contribution in [-0.2, 0) is 0 Å². The number of nitrogens with one attached hydrogen (secondary N) is 1. The molecule has 2 aliphatic heterocycles. The van der Waals surface area contributed by atoms with E-state index in [1.807, 2.05) is 0 Å². The number of piperidine rings is 2. The van der Waals surface area contributed by atoms with Crippen LogP contribution in [0, 0.1) is 11.7 Å². The van der Waals surface area contributed by atoms with Crippen LogP contribution >= 0.6 is 12.2 Å². The summed E-state index contributed by atoms with van der Waals surface area (Å²) >= 11 is 5.41. The van der Waals surface area contributed by atoms with Crippen LogP contribution in [0.25, 0.3) is 0 Å². The first-order valence-electron chi connectivity index (χ1n) is 6.65. The van der Waals surface area contributed by atoms with E-state index >= 15 is 0 Å². The molecule has 3 heterocycles. The lowest BCUT2D eigenvalue weighted by molar-refractivity contribution is 0.0397. The molecule has 2 atom stereocenters. The Morgan fingerprint density at radius 1 is 1.24 bits per heavy atom. The van der Waals surface area contributed by atoms with Crippen molar-refractivity contribution in [1.82, 2.24) is 14.5 Å². The van der Waals surface area contributed by atoms with Gasteiger partial charge in [0.1, 0.15) is 0 Å². The molecule has 0 aromatic carbocycles. The molecule has 1 aromatic rings. The molecule has 0 amide bonds. The average Bonchev–Trinajstić information content (AvgIpc) is 2.57. The molecule has 3 rings (SSSR count). The maximum atomic E-state index is 5.41. The molecule has 2 saturated heterocycles. The van der Waals surface area contributed by atoms with E-state index in [9.17, 15) is 0 Å². The Bertz CT molecular complexity index is 447. The van der Waals surface area contributed by atoms with Crippen molar-refractivity contribution in [3.05, 3.63) is 16.7 Å². The summed E-state index contributed by atoms with van der Waals surface area (Å²) in [6.45, 7) is 2.09. The first-order valence-corrected chi connectivity index (χ1v) is 7.05. The van der Waals surface area contributed by atoms with Crippen LogP contribution < -0.4 is 0 Å². The zero-order valence-electron chi connectivity index (χ0n) is 10.6. The summed E-state index contributed by atoms with van der Waals surface area (Å²) in [5.74, 6) is 0. The van der Waals surface area contributed by atoms with Crippen LogP contribution in [-0.4, -0.2) is 33.6 Å². The van der Waals surface area contributed by atoms with E-state index in [1.165, 1.54) is 37.8 Å². The third-order valence-corrected chi connectivity index (χ3v) is 4.89. The molecule has 3 nitrogen and oxygen atoms in total. The van der Waals surface area contributed by atoms with Crippen LogP contribution in [0.5, 0.6) is 0 Å². The normalized spacial score (nSPS) is 33.9. The zero-order valence-corrected chi connectivity index (χ0v) is 11.5. The number of nitrogens with zero attached hydrogens (tertiary/aromatic N) is 2. The van der Waals surface area contributed by atoms with Crippen molar-refractivity contribution in [1.29, 1.82) is 0 Å². The molecule has 1 aromatic heterocycles. The summed E-state index contributed by atoms with van der Waals surface area (Å²) in [7, 11) is 2.30. The molecule has 1 N–H and O–H groups in total. The molecular weight excluding hydrogens is 230 g/mol. The molecule has 0 saturated carbocycles. The quantitative estimate of drug-likeness (QED) is 0.776. The molecule has 4 heteroatoms. The maximum absolute atomic E-state index is 5.41. The third-order valence-electron chi connectivity index (χ3n) is 4.58. The SMILES string of the molecule is Cc1cn(C2CC3CCCC(C2)N3C)c(=S)[nH]1. The van der Waals surface area contributed by atoms with Crippen LogP contribution in [0.2, 0.25) is 0 Å². The first-order chi connectivity index (χ1) is 8.15. The standard InChI is InChI=1S/C13H21N3S/c1-9-8-16(13(17)14-9)12-6-10-4-3-5-11(7-12)15(10)2/h8,10-12H,3-7H2,1-2H3,(H,14,17). The fourth-order valence-corrected chi connectivity index (χ4v) is 3.98. The molecule has 0 spiro atoms. The summed E-state index contributed by atoms with van der Waals surface area (Å²) < 4.78 is 3.19. The van der Waals surface area contributed by atoms with E-state index in [1.54, 1.807) is 0 Å². The van der Waals surface area contributed by atoms with Crippen molar-refractivity contribution in [2.24, 2.45) is 0 Å². The minimum atomic E-state index is 0.610. The van der Waals surface area contributed by atoms with Crippen molar-refractivity contribution < 1.29 is 0 Å². The number of fused-ring (bicyclic) bond motifs is 2. The van der Waals surface area contributed by atoms with Crippen LogP contribution in [0.15, 0.2) is 6.20 Å². The second-order valence-electron chi connectivity index (χ2n) is 5.68. The van der Waals surface area contributed by atoms with Crippen LogP contribution in [0.3, 0.4) is 0 Å². The van der Waals surface area contributed by atoms with Gasteiger partial charge in [0.2, 0.25) is 0 Å². The number of H-pyrrole nitrogens is 1. The van der Waals surface area contributed by atoms with Gasteiger partial charge in [-0.15, -0.1) is 0 Å². The fourth-order valence-electron chi connectivity index (χ4n) is 3.62. The second-order valence-corrected chi connectivity index (χ2v) is 6.07. The number of aromatic amines is 1. The minimum absolute atomic E-state index is 0.610. The van der Waals surface area contributed by atoms with Gasteiger partial charge in [-0.25, -0.2) is 0 Å². The van der Waals surface area contributed by atoms with E-state index in [4.69, 9.17) is 12.2 Å². The number of aromatic nitrogens is 2. The van der Waals surface area contributed by atoms with Gasteiger partial charge in [-0.05, 0) is 51.9 Å². The summed E-state index contributed by atoms with van der Waals surface area (Å²) in [4.78, 5) is 5.85. The van der Waals surface area contributed by atoms with Gasteiger partial charge in [0.25, 0.3) is 0 Å². The van der Waals surface area contributed by atoms with Gasteiger partial charge >= 0.3 is 0 Å². The van der Waals surface area contributed by atoms with Crippen LogP contribution in [0.1, 0.15) is 43.8 Å². The molecule has 0 aliphatic carbocycles. The lowest BCUT2D eigenvalue weighted by Crippen LogP contribution is -2.49. The minimum Gasteiger partial charge on any atom is -0.335 e. The molecule has 0 radical (unpaired) electrons. The Balaban J connectivity index is 1.87. The Hall–Kier alpha value is -0.610. The van der Waals surface area contributed by atoms with Crippen molar-refractivity contribution in [3.8, 4) is 0 Å². The van der Waals surface area contributed by atoms with Crippen molar-refractivity contribution >= 4 is 12.2 Å². The van der Waals surface area contributed by atoms with Crippen LogP contribution in [0.4, 0.5) is 0 Å². The Kier molecular flexibility index (Phi) is 2.87. The number of imidazole rings is 1. The molecule has 17 heavy (non-hydrogen) atoms. The molecule has 2 aliphatic rings. The smallest absolute Gasteiger partial charge is 0.177 e. The van der Waals surface area contributed by atoms with Crippen molar-refractivity contribution in [2.75, 3.05) is 7.05 Å².